The molecule has 0 saturated heterocycles. The Morgan fingerprint density at radius 3 is 3.00 bits per heavy atom. The maximum Gasteiger partial charge on any atom is 0.148 e. The van der Waals surface area contributed by atoms with Crippen molar-refractivity contribution in [2.45, 2.75) is 0 Å². The average molecular weight is 151 g/mol. The normalized spacial score (nSPS) is 10.3. The molecule has 0 aliphatic rings. The lowest BCUT2D eigenvalue weighted by atomic mass is 10.2. The van der Waals surface area contributed by atoms with E-state index in [1.165, 1.54) is 24.4 Å². The van der Waals surface area contributed by atoms with E-state index >= 15 is 0 Å². The van der Waals surface area contributed by atoms with Crippen molar-refractivity contribution in [1.29, 1.82) is 0 Å². The maximum absolute atomic E-state index is 12.7. The fraction of sp³-hybridized carbons (Fsp3) is 0. The third kappa shape index (κ3) is 1.97. The highest BCUT2D eigenvalue weighted by atomic mass is 19.1. The van der Waals surface area contributed by atoms with Crippen molar-refractivity contribution in [2.24, 2.45) is 0 Å². The Bertz CT molecular complexity index is 283. The molecular weight excluding hydrogens is 145 g/mol. The fourth-order valence-corrected chi connectivity index (χ4v) is 0.664. The van der Waals surface area contributed by atoms with Gasteiger partial charge in [0.05, 0.1) is 6.20 Å². The number of aldehydes is 1. The van der Waals surface area contributed by atoms with E-state index in [0.29, 0.717) is 11.8 Å². The first-order valence-electron chi connectivity index (χ1n) is 3.06. The molecule has 0 saturated carbocycles. The van der Waals surface area contributed by atoms with Gasteiger partial charge in [-0.3, -0.25) is 9.78 Å². The summed E-state index contributed by atoms with van der Waals surface area (Å²) in [6.07, 6.45) is 5.79. The lowest BCUT2D eigenvalue weighted by molar-refractivity contribution is -0.104. The number of hydrogen-bond donors (Lipinski definition) is 0. The highest BCUT2D eigenvalue weighted by molar-refractivity contribution is 5.73. The zero-order chi connectivity index (χ0) is 8.10. The summed E-state index contributed by atoms with van der Waals surface area (Å²) in [5, 5.41) is 0. The van der Waals surface area contributed by atoms with Crippen molar-refractivity contribution in [3.63, 3.8) is 0 Å². The number of aromatic nitrogens is 1. The van der Waals surface area contributed by atoms with Gasteiger partial charge in [-0.2, -0.15) is 0 Å². The molecule has 1 heterocycles. The van der Waals surface area contributed by atoms with Crippen LogP contribution in [0.25, 0.3) is 6.08 Å². The first kappa shape index (κ1) is 7.60. The van der Waals surface area contributed by atoms with Crippen LogP contribution in [0.4, 0.5) is 4.39 Å². The molecule has 0 bridgehead atoms. The van der Waals surface area contributed by atoms with Gasteiger partial charge in [-0.1, -0.05) is 0 Å². The van der Waals surface area contributed by atoms with Gasteiger partial charge >= 0.3 is 0 Å². The molecule has 1 rings (SSSR count). The zero-order valence-electron chi connectivity index (χ0n) is 5.70. The van der Waals surface area contributed by atoms with Crippen molar-refractivity contribution < 1.29 is 9.18 Å². The maximum atomic E-state index is 12.7. The molecule has 0 aliphatic carbocycles. The van der Waals surface area contributed by atoms with E-state index in [-0.39, 0.29) is 0 Å². The summed E-state index contributed by atoms with van der Waals surface area (Å²) in [6, 6.07) is 1.50. The van der Waals surface area contributed by atoms with Crippen LogP contribution in [0.5, 0.6) is 0 Å². The minimum absolute atomic E-state index is 0.368. The van der Waals surface area contributed by atoms with Crippen LogP contribution < -0.4 is 0 Å². The van der Waals surface area contributed by atoms with E-state index in [4.69, 9.17) is 0 Å². The minimum Gasteiger partial charge on any atom is -0.299 e. The molecule has 1 aromatic rings. The number of nitrogens with zero attached hydrogens (tertiary/aromatic N) is 1. The lowest BCUT2D eigenvalue weighted by Gasteiger charge is -1.91. The van der Waals surface area contributed by atoms with Gasteiger partial charge in [-0.05, 0) is 18.2 Å². The lowest BCUT2D eigenvalue weighted by Crippen LogP contribution is -1.82. The van der Waals surface area contributed by atoms with Gasteiger partial charge in [0, 0.05) is 11.8 Å². The Labute approximate surface area is 63.4 Å². The predicted molar refractivity (Wildman–Crippen MR) is 39.3 cm³/mol. The molecule has 0 aromatic carbocycles. The number of allylic oxidation sites excluding steroid dienone is 1. The molecule has 0 fully saturated rings. The van der Waals surface area contributed by atoms with Crippen LogP contribution in [0.1, 0.15) is 5.56 Å². The van der Waals surface area contributed by atoms with Gasteiger partial charge in [-0.25, -0.2) is 4.39 Å². The fourth-order valence-electron chi connectivity index (χ4n) is 0.664. The molecule has 2 nitrogen and oxygen atoms in total. The van der Waals surface area contributed by atoms with E-state index in [1.54, 1.807) is 0 Å². The third-order valence-electron chi connectivity index (χ3n) is 1.16. The summed E-state index contributed by atoms with van der Waals surface area (Å²) in [4.78, 5) is 13.4. The van der Waals surface area contributed by atoms with Gasteiger partial charge in [0.1, 0.15) is 12.1 Å². The SMILES string of the molecule is O=C/C=C/c1ccncc1F. The second kappa shape index (κ2) is 3.61. The molecule has 0 aliphatic heterocycles. The standard InChI is InChI=1S/C8H6FNO/c9-8-6-10-4-3-7(8)2-1-5-11/h1-6H/b2-1+. The van der Waals surface area contributed by atoms with Crippen LogP contribution in [-0.4, -0.2) is 11.3 Å². The number of halogens is 1. The van der Waals surface area contributed by atoms with Gasteiger partial charge in [0.2, 0.25) is 0 Å². The Morgan fingerprint density at radius 2 is 2.36 bits per heavy atom. The highest BCUT2D eigenvalue weighted by Crippen LogP contribution is 2.05. The summed E-state index contributed by atoms with van der Waals surface area (Å²) < 4.78 is 12.7. The van der Waals surface area contributed by atoms with Gasteiger partial charge in [-0.15, -0.1) is 0 Å². The molecular formula is C8H6FNO. The Kier molecular flexibility index (Phi) is 2.49. The number of hydrogen-bond acceptors (Lipinski definition) is 2. The Morgan fingerprint density at radius 1 is 1.55 bits per heavy atom. The molecule has 11 heavy (non-hydrogen) atoms. The quantitative estimate of drug-likeness (QED) is 0.472. The second-order valence-corrected chi connectivity index (χ2v) is 1.89. The predicted octanol–water partition coefficient (Wildman–Crippen LogP) is 1.43. The van der Waals surface area contributed by atoms with E-state index in [0.717, 1.165) is 6.20 Å². The van der Waals surface area contributed by atoms with Crippen LogP contribution in [-0.2, 0) is 4.79 Å². The van der Waals surface area contributed by atoms with Crippen molar-refractivity contribution in [1.82, 2.24) is 4.98 Å². The largest absolute Gasteiger partial charge is 0.299 e. The van der Waals surface area contributed by atoms with E-state index in [1.807, 2.05) is 0 Å². The summed E-state index contributed by atoms with van der Waals surface area (Å²) in [5.41, 5.74) is 0.368. The number of pyridine rings is 1. The molecule has 0 N–H and O–H groups in total. The second-order valence-electron chi connectivity index (χ2n) is 1.89. The van der Waals surface area contributed by atoms with E-state index in [2.05, 4.69) is 4.98 Å². The summed E-state index contributed by atoms with van der Waals surface area (Å²) in [6.45, 7) is 0. The Balaban J connectivity index is 2.94. The molecule has 56 valence electrons. The molecule has 0 atom stereocenters. The van der Waals surface area contributed by atoms with Crippen LogP contribution in [0.2, 0.25) is 0 Å². The molecule has 3 heteroatoms. The number of rotatable bonds is 2. The van der Waals surface area contributed by atoms with Gasteiger partial charge in [0.25, 0.3) is 0 Å². The molecule has 0 spiro atoms. The van der Waals surface area contributed by atoms with Crippen LogP contribution in [0, 0.1) is 5.82 Å². The Hall–Kier alpha value is -1.51. The van der Waals surface area contributed by atoms with Crippen molar-refractivity contribution in [3.05, 3.63) is 35.9 Å². The third-order valence-corrected chi connectivity index (χ3v) is 1.16. The first-order valence-corrected chi connectivity index (χ1v) is 3.06. The zero-order valence-corrected chi connectivity index (χ0v) is 5.70. The minimum atomic E-state index is -0.425. The molecule has 0 radical (unpaired) electrons. The first-order chi connectivity index (χ1) is 5.34. The summed E-state index contributed by atoms with van der Waals surface area (Å²) >= 11 is 0. The number of carbonyl (C=O) groups excluding carboxylic acids is 1. The van der Waals surface area contributed by atoms with Gasteiger partial charge in [0.15, 0.2) is 0 Å². The number of carbonyl (C=O) groups is 1. The molecule has 0 unspecified atom stereocenters. The average Bonchev–Trinajstić information content (AvgIpc) is 2.03. The van der Waals surface area contributed by atoms with Crippen LogP contribution >= 0.6 is 0 Å². The topological polar surface area (TPSA) is 30.0 Å². The highest BCUT2D eigenvalue weighted by Gasteiger charge is 1.94. The van der Waals surface area contributed by atoms with Crippen molar-refractivity contribution in [3.8, 4) is 0 Å². The monoisotopic (exact) mass is 151 g/mol. The van der Waals surface area contributed by atoms with E-state index < -0.39 is 5.82 Å². The van der Waals surface area contributed by atoms with Crippen molar-refractivity contribution >= 4 is 12.4 Å². The van der Waals surface area contributed by atoms with Crippen molar-refractivity contribution in [2.75, 3.05) is 0 Å². The van der Waals surface area contributed by atoms with Gasteiger partial charge < -0.3 is 0 Å². The summed E-state index contributed by atoms with van der Waals surface area (Å²) in [5.74, 6) is -0.425. The molecule has 0 amide bonds. The van der Waals surface area contributed by atoms with Crippen LogP contribution in [0.3, 0.4) is 0 Å². The smallest absolute Gasteiger partial charge is 0.148 e. The van der Waals surface area contributed by atoms with E-state index in [9.17, 15) is 9.18 Å². The van der Waals surface area contributed by atoms with Crippen LogP contribution in [0.15, 0.2) is 24.5 Å². The summed E-state index contributed by atoms with van der Waals surface area (Å²) in [7, 11) is 0. The molecule has 1 aromatic heterocycles.